The van der Waals surface area contributed by atoms with Crippen LogP contribution in [0, 0.1) is 11.3 Å². The Morgan fingerprint density at radius 1 is 1.19 bits per heavy atom. The summed E-state index contributed by atoms with van der Waals surface area (Å²) < 4.78 is 16.0. The Hall–Kier alpha value is -3.24. The highest BCUT2D eigenvalue weighted by molar-refractivity contribution is 5.81. The Balaban J connectivity index is 2.33. The second-order valence-electron chi connectivity index (χ2n) is 5.50. The molecule has 2 N–H and O–H groups in total. The van der Waals surface area contributed by atoms with Gasteiger partial charge in [-0.1, -0.05) is 6.07 Å². The van der Waals surface area contributed by atoms with E-state index < -0.39 is 12.0 Å². The number of aliphatic hydroxyl groups excluding tert-OH is 1. The van der Waals surface area contributed by atoms with Gasteiger partial charge in [-0.25, -0.2) is 4.79 Å². The summed E-state index contributed by atoms with van der Waals surface area (Å²) >= 11 is 0. The lowest BCUT2D eigenvalue weighted by molar-refractivity contribution is -0.141. The molecule has 1 atom stereocenters. The van der Waals surface area contributed by atoms with Crippen LogP contribution in [0.25, 0.3) is 0 Å². The minimum atomic E-state index is -0.769. The maximum absolute atomic E-state index is 12.3. The molecule has 2 aromatic carbocycles. The van der Waals surface area contributed by atoms with Crippen LogP contribution in [0.15, 0.2) is 42.5 Å². The average molecular weight is 370 g/mol. The van der Waals surface area contributed by atoms with Gasteiger partial charge in [0.05, 0.1) is 32.0 Å². The number of ether oxygens (including phenoxy) is 3. The van der Waals surface area contributed by atoms with Crippen LogP contribution >= 0.6 is 0 Å². The van der Waals surface area contributed by atoms with Crippen molar-refractivity contribution >= 4 is 11.7 Å². The van der Waals surface area contributed by atoms with Crippen molar-refractivity contribution in [2.75, 3.05) is 32.2 Å². The number of rotatable bonds is 9. The Kier molecular flexibility index (Phi) is 7.47. The number of hydrogen-bond acceptors (Lipinski definition) is 7. The van der Waals surface area contributed by atoms with E-state index in [1.807, 2.05) is 13.0 Å². The number of carbonyl (C=O) groups excluding carboxylic acids is 1. The van der Waals surface area contributed by atoms with Gasteiger partial charge in [0.2, 0.25) is 0 Å². The van der Waals surface area contributed by atoms with Crippen LogP contribution in [0.4, 0.5) is 5.69 Å². The molecule has 7 nitrogen and oxygen atoms in total. The number of benzene rings is 2. The van der Waals surface area contributed by atoms with E-state index in [0.717, 1.165) is 0 Å². The molecule has 2 rings (SSSR count). The van der Waals surface area contributed by atoms with Crippen molar-refractivity contribution in [3.8, 4) is 17.6 Å². The van der Waals surface area contributed by atoms with Crippen molar-refractivity contribution in [2.24, 2.45) is 0 Å². The van der Waals surface area contributed by atoms with Gasteiger partial charge in [0.15, 0.2) is 17.5 Å². The lowest BCUT2D eigenvalue weighted by Gasteiger charge is -2.20. The molecule has 0 amide bonds. The third kappa shape index (κ3) is 5.36. The number of nitrogens with zero attached hydrogens (tertiary/aromatic N) is 1. The van der Waals surface area contributed by atoms with E-state index in [2.05, 4.69) is 5.32 Å². The van der Waals surface area contributed by atoms with Crippen LogP contribution in [0.3, 0.4) is 0 Å². The van der Waals surface area contributed by atoms with Crippen molar-refractivity contribution in [1.82, 2.24) is 0 Å². The van der Waals surface area contributed by atoms with E-state index in [1.165, 1.54) is 7.11 Å². The van der Waals surface area contributed by atoms with E-state index in [-0.39, 0.29) is 13.2 Å². The summed E-state index contributed by atoms with van der Waals surface area (Å²) in [5.41, 5.74) is 1.83. The molecular weight excluding hydrogens is 348 g/mol. The zero-order valence-electron chi connectivity index (χ0n) is 15.3. The second-order valence-corrected chi connectivity index (χ2v) is 5.50. The molecule has 0 bridgehead atoms. The van der Waals surface area contributed by atoms with Gasteiger partial charge >= 0.3 is 5.97 Å². The quantitative estimate of drug-likeness (QED) is 0.654. The van der Waals surface area contributed by atoms with E-state index in [1.54, 1.807) is 42.5 Å². The molecule has 0 aromatic heterocycles. The van der Waals surface area contributed by atoms with Gasteiger partial charge in [0.1, 0.15) is 6.61 Å². The molecule has 142 valence electrons. The molecule has 0 radical (unpaired) electrons. The Morgan fingerprint density at radius 3 is 2.52 bits per heavy atom. The first kappa shape index (κ1) is 20.1. The Morgan fingerprint density at radius 2 is 1.93 bits per heavy atom. The number of anilines is 1. The van der Waals surface area contributed by atoms with Crippen LogP contribution in [0.2, 0.25) is 0 Å². The maximum atomic E-state index is 12.3. The summed E-state index contributed by atoms with van der Waals surface area (Å²) in [7, 11) is 1.32. The molecule has 0 heterocycles. The molecule has 0 fully saturated rings. The van der Waals surface area contributed by atoms with E-state index in [4.69, 9.17) is 24.6 Å². The van der Waals surface area contributed by atoms with Crippen LogP contribution in [0.5, 0.6) is 11.5 Å². The summed E-state index contributed by atoms with van der Waals surface area (Å²) in [6, 6.07) is 13.2. The van der Waals surface area contributed by atoms with Gasteiger partial charge in [-0.3, -0.25) is 0 Å². The first-order valence-electron chi connectivity index (χ1n) is 8.47. The molecule has 0 saturated carbocycles. The van der Waals surface area contributed by atoms with Gasteiger partial charge in [-0.05, 0) is 48.9 Å². The summed E-state index contributed by atoms with van der Waals surface area (Å²) in [6.07, 6.45) is 0. The van der Waals surface area contributed by atoms with Crippen molar-refractivity contribution < 1.29 is 24.1 Å². The number of aliphatic hydroxyl groups is 1. The fourth-order valence-corrected chi connectivity index (χ4v) is 2.45. The van der Waals surface area contributed by atoms with Crippen LogP contribution in [0.1, 0.15) is 24.1 Å². The highest BCUT2D eigenvalue weighted by Gasteiger charge is 2.23. The summed E-state index contributed by atoms with van der Waals surface area (Å²) in [4.78, 5) is 12.3. The summed E-state index contributed by atoms with van der Waals surface area (Å²) in [6.45, 7) is 2.29. The number of nitriles is 1. The van der Waals surface area contributed by atoms with Crippen molar-refractivity contribution in [3.63, 3.8) is 0 Å². The van der Waals surface area contributed by atoms with E-state index >= 15 is 0 Å². The number of hydrogen-bond donors (Lipinski definition) is 2. The fraction of sp³-hybridized carbons (Fsp3) is 0.300. The minimum Gasteiger partial charge on any atom is -0.490 e. The highest BCUT2D eigenvalue weighted by Crippen LogP contribution is 2.32. The van der Waals surface area contributed by atoms with E-state index in [0.29, 0.717) is 34.9 Å². The van der Waals surface area contributed by atoms with Gasteiger partial charge < -0.3 is 24.6 Å². The van der Waals surface area contributed by atoms with Gasteiger partial charge in [0, 0.05) is 5.69 Å². The van der Waals surface area contributed by atoms with Gasteiger partial charge in [0.25, 0.3) is 0 Å². The number of nitrogens with one attached hydrogen (secondary N) is 1. The summed E-state index contributed by atoms with van der Waals surface area (Å²) in [5, 5.41) is 20.9. The topological polar surface area (TPSA) is 101 Å². The minimum absolute atomic E-state index is 0.113. The number of carbonyl (C=O) groups is 1. The molecule has 1 unspecified atom stereocenters. The maximum Gasteiger partial charge on any atom is 0.332 e. The molecule has 0 aliphatic carbocycles. The standard InChI is InChI=1S/C20H22N2O5/c1-3-26-18-12-15(6-9-17(18)27-11-10-23)19(20(24)25-2)22-16-7-4-14(13-21)5-8-16/h4-9,12,19,22-23H,3,10-11H2,1-2H3. The largest absolute Gasteiger partial charge is 0.490 e. The molecule has 7 heteroatoms. The normalized spacial score (nSPS) is 11.2. The molecule has 27 heavy (non-hydrogen) atoms. The molecule has 0 saturated heterocycles. The lowest BCUT2D eigenvalue weighted by Crippen LogP contribution is -2.22. The average Bonchev–Trinajstić information content (AvgIpc) is 2.71. The van der Waals surface area contributed by atoms with Gasteiger partial charge in [-0.2, -0.15) is 5.26 Å². The first-order valence-corrected chi connectivity index (χ1v) is 8.47. The van der Waals surface area contributed by atoms with Crippen LogP contribution < -0.4 is 14.8 Å². The van der Waals surface area contributed by atoms with Gasteiger partial charge in [-0.15, -0.1) is 0 Å². The first-order chi connectivity index (χ1) is 13.1. The molecule has 0 aliphatic heterocycles. The molecule has 2 aromatic rings. The zero-order valence-corrected chi connectivity index (χ0v) is 15.3. The monoisotopic (exact) mass is 370 g/mol. The summed E-state index contributed by atoms with van der Waals surface area (Å²) in [5.74, 6) is 0.487. The lowest BCUT2D eigenvalue weighted by atomic mass is 10.1. The zero-order chi connectivity index (χ0) is 19.6. The third-order valence-electron chi connectivity index (χ3n) is 3.71. The second kappa shape index (κ2) is 10.0. The smallest absolute Gasteiger partial charge is 0.332 e. The third-order valence-corrected chi connectivity index (χ3v) is 3.71. The molecule has 0 aliphatic rings. The van der Waals surface area contributed by atoms with Crippen LogP contribution in [-0.2, 0) is 9.53 Å². The van der Waals surface area contributed by atoms with Crippen molar-refractivity contribution in [3.05, 3.63) is 53.6 Å². The Bertz CT molecular complexity index is 799. The van der Waals surface area contributed by atoms with Crippen molar-refractivity contribution in [2.45, 2.75) is 13.0 Å². The fourth-order valence-electron chi connectivity index (χ4n) is 2.45. The van der Waals surface area contributed by atoms with Crippen LogP contribution in [-0.4, -0.2) is 38.0 Å². The number of esters is 1. The Labute approximate surface area is 158 Å². The predicted molar refractivity (Wildman–Crippen MR) is 99.7 cm³/mol. The van der Waals surface area contributed by atoms with E-state index in [9.17, 15) is 4.79 Å². The SMILES string of the molecule is CCOc1cc(C(Nc2ccc(C#N)cc2)C(=O)OC)ccc1OCCO. The molecular formula is C20H22N2O5. The predicted octanol–water partition coefficient (Wildman–Crippen LogP) is 2.65. The number of methoxy groups -OCH3 is 1. The highest BCUT2D eigenvalue weighted by atomic mass is 16.5. The molecule has 0 spiro atoms. The van der Waals surface area contributed by atoms with Crippen molar-refractivity contribution in [1.29, 1.82) is 5.26 Å².